The summed E-state index contributed by atoms with van der Waals surface area (Å²) in [6, 6.07) is 3.51. The summed E-state index contributed by atoms with van der Waals surface area (Å²) < 4.78 is 73.8. The number of benzene rings is 1. The average molecular weight is 475 g/mol. The fraction of sp³-hybridized carbons (Fsp3) is 0.421. The first kappa shape index (κ1) is 23.7. The molecule has 0 saturated carbocycles. The Morgan fingerprint density at radius 2 is 1.81 bits per heavy atom. The molecule has 1 aliphatic rings. The summed E-state index contributed by atoms with van der Waals surface area (Å²) in [7, 11) is -2.01. The monoisotopic (exact) mass is 475 g/mol. The van der Waals surface area contributed by atoms with Crippen LogP contribution in [0.15, 0.2) is 44.8 Å². The lowest BCUT2D eigenvalue weighted by Gasteiger charge is -2.24. The van der Waals surface area contributed by atoms with Crippen LogP contribution >= 0.6 is 0 Å². The van der Waals surface area contributed by atoms with Crippen LogP contribution in [0.25, 0.3) is 0 Å². The van der Waals surface area contributed by atoms with Crippen molar-refractivity contribution in [2.45, 2.75) is 36.6 Å². The van der Waals surface area contributed by atoms with Crippen molar-refractivity contribution >= 4 is 16.0 Å². The van der Waals surface area contributed by atoms with E-state index in [0.29, 0.717) is 10.4 Å². The Morgan fingerprint density at radius 1 is 1.16 bits per heavy atom. The second kappa shape index (κ2) is 8.54. The van der Waals surface area contributed by atoms with Gasteiger partial charge in [0.1, 0.15) is 12.6 Å². The molecule has 2 aromatic rings. The van der Waals surface area contributed by atoms with E-state index in [0.717, 1.165) is 27.3 Å². The largest absolute Gasteiger partial charge is 0.458 e. The molecule has 0 aliphatic carbocycles. The smallest absolute Gasteiger partial charge is 0.417 e. The van der Waals surface area contributed by atoms with Crippen molar-refractivity contribution in [2.24, 2.45) is 14.1 Å². The maximum Gasteiger partial charge on any atom is 0.417 e. The van der Waals surface area contributed by atoms with Crippen molar-refractivity contribution in [3.63, 3.8) is 0 Å². The molecule has 1 saturated heterocycles. The van der Waals surface area contributed by atoms with Crippen LogP contribution in [0, 0.1) is 0 Å². The zero-order valence-electron chi connectivity index (χ0n) is 17.1. The van der Waals surface area contributed by atoms with Crippen LogP contribution in [0.4, 0.5) is 13.2 Å². The van der Waals surface area contributed by atoms with Crippen molar-refractivity contribution in [2.75, 3.05) is 6.54 Å². The van der Waals surface area contributed by atoms with Gasteiger partial charge in [-0.1, -0.05) is 12.1 Å². The molecule has 2 heterocycles. The van der Waals surface area contributed by atoms with Gasteiger partial charge in [0.15, 0.2) is 0 Å². The summed E-state index contributed by atoms with van der Waals surface area (Å²) in [4.78, 5) is 35.4. The first-order valence-electron chi connectivity index (χ1n) is 9.46. The van der Waals surface area contributed by atoms with E-state index < -0.39 is 56.5 Å². The second-order valence-corrected chi connectivity index (χ2v) is 9.11. The van der Waals surface area contributed by atoms with Gasteiger partial charge in [0.05, 0.1) is 16.2 Å². The van der Waals surface area contributed by atoms with E-state index in [1.165, 1.54) is 20.2 Å². The van der Waals surface area contributed by atoms with Crippen molar-refractivity contribution in [3.8, 4) is 0 Å². The predicted octanol–water partition coefficient (Wildman–Crippen LogP) is 0.999. The van der Waals surface area contributed by atoms with Crippen molar-refractivity contribution in [3.05, 3.63) is 62.4 Å². The van der Waals surface area contributed by atoms with Gasteiger partial charge in [-0.3, -0.25) is 18.7 Å². The first-order valence-corrected chi connectivity index (χ1v) is 10.9. The fourth-order valence-corrected chi connectivity index (χ4v) is 5.33. The summed E-state index contributed by atoms with van der Waals surface area (Å²) in [6.07, 6.45) is -4.59. The minimum atomic E-state index is -4.90. The number of alkyl halides is 3. The van der Waals surface area contributed by atoms with Crippen LogP contribution < -0.4 is 11.2 Å². The van der Waals surface area contributed by atoms with Crippen LogP contribution in [0.3, 0.4) is 0 Å². The number of nitrogens with zero attached hydrogens (tertiary/aromatic N) is 3. The third kappa shape index (κ3) is 4.35. The molecule has 3 rings (SSSR count). The van der Waals surface area contributed by atoms with Gasteiger partial charge in [0.2, 0.25) is 10.0 Å². The predicted molar refractivity (Wildman–Crippen MR) is 105 cm³/mol. The lowest BCUT2D eigenvalue weighted by atomic mass is 10.2. The van der Waals surface area contributed by atoms with Gasteiger partial charge >= 0.3 is 17.8 Å². The number of halogens is 3. The molecule has 174 valence electrons. The van der Waals surface area contributed by atoms with Gasteiger partial charge in [-0.2, -0.15) is 17.5 Å². The standard InChI is InChI=1S/C19H20F3N3O6S/c1-23-12(10-16(26)24(2)18(23)28)11-31-17(27)14-7-5-9-25(14)32(29,30)15-8-4-3-6-13(15)19(20,21)22/h3-4,6,8,10,14H,5,7,9,11H2,1-2H3/t14-/m1/s1. The number of carbonyl (C=O) groups excluding carboxylic acids is 1. The molecule has 1 aromatic carbocycles. The van der Waals surface area contributed by atoms with Gasteiger partial charge in [0, 0.05) is 26.7 Å². The summed E-state index contributed by atoms with van der Waals surface area (Å²) in [5.41, 5.74) is -2.50. The molecule has 13 heteroatoms. The highest BCUT2D eigenvalue weighted by molar-refractivity contribution is 7.89. The second-order valence-electron chi connectivity index (χ2n) is 7.25. The minimum Gasteiger partial charge on any atom is -0.458 e. The Kier molecular flexibility index (Phi) is 6.33. The molecule has 9 nitrogen and oxygen atoms in total. The van der Waals surface area contributed by atoms with Gasteiger partial charge < -0.3 is 4.74 Å². The van der Waals surface area contributed by atoms with Crippen LogP contribution in [0.5, 0.6) is 0 Å². The lowest BCUT2D eigenvalue weighted by Crippen LogP contribution is -2.42. The Balaban J connectivity index is 1.86. The highest BCUT2D eigenvalue weighted by Crippen LogP contribution is 2.37. The molecule has 1 aliphatic heterocycles. The lowest BCUT2D eigenvalue weighted by molar-refractivity contribution is -0.149. The van der Waals surface area contributed by atoms with Gasteiger partial charge in [-0.25, -0.2) is 13.2 Å². The van der Waals surface area contributed by atoms with E-state index in [2.05, 4.69) is 0 Å². The molecule has 32 heavy (non-hydrogen) atoms. The number of carbonyl (C=O) groups is 1. The summed E-state index contributed by atoms with van der Waals surface area (Å²) in [6.45, 7) is -0.636. The molecule has 0 unspecified atom stereocenters. The Labute approximate surface area is 180 Å². The number of esters is 1. The Morgan fingerprint density at radius 3 is 2.47 bits per heavy atom. The molecule has 1 atom stereocenters. The van der Waals surface area contributed by atoms with Crippen molar-refractivity contribution in [1.82, 2.24) is 13.4 Å². The maximum absolute atomic E-state index is 13.3. The number of rotatable bonds is 5. The molecule has 1 fully saturated rings. The zero-order chi connectivity index (χ0) is 23.8. The molecule has 0 amide bonds. The topological polar surface area (TPSA) is 108 Å². The molecule has 0 spiro atoms. The van der Waals surface area contributed by atoms with E-state index in [9.17, 15) is 36.0 Å². The highest BCUT2D eigenvalue weighted by atomic mass is 32.2. The van der Waals surface area contributed by atoms with E-state index in [1.54, 1.807) is 0 Å². The number of sulfonamides is 1. The van der Waals surface area contributed by atoms with Crippen LogP contribution in [0.1, 0.15) is 24.1 Å². The average Bonchev–Trinajstić information content (AvgIpc) is 3.24. The number of ether oxygens (including phenoxy) is 1. The Hall–Kier alpha value is -2.93. The minimum absolute atomic E-state index is 0.0573. The van der Waals surface area contributed by atoms with Crippen molar-refractivity contribution in [1.29, 1.82) is 0 Å². The third-order valence-electron chi connectivity index (χ3n) is 5.24. The molecule has 0 radical (unpaired) electrons. The molecule has 1 aromatic heterocycles. The number of hydrogen-bond donors (Lipinski definition) is 0. The van der Waals surface area contributed by atoms with E-state index in [1.807, 2.05) is 0 Å². The fourth-order valence-electron chi connectivity index (χ4n) is 3.47. The van der Waals surface area contributed by atoms with E-state index >= 15 is 0 Å². The summed E-state index contributed by atoms with van der Waals surface area (Å²) >= 11 is 0. The molecule has 0 N–H and O–H groups in total. The number of hydrogen-bond acceptors (Lipinski definition) is 6. The van der Waals surface area contributed by atoms with Crippen LogP contribution in [-0.4, -0.2) is 40.4 Å². The normalized spacial score (nSPS) is 17.5. The third-order valence-corrected chi connectivity index (χ3v) is 7.21. The molecule has 0 bridgehead atoms. The van der Waals surface area contributed by atoms with Gasteiger partial charge in [0.25, 0.3) is 5.56 Å². The SMILES string of the molecule is Cn1c(COC(=O)[C@H]2CCCN2S(=O)(=O)c2ccccc2C(F)(F)F)cc(=O)n(C)c1=O. The van der Waals surface area contributed by atoms with Crippen LogP contribution in [0.2, 0.25) is 0 Å². The molecular formula is C19H20F3N3O6S. The summed E-state index contributed by atoms with van der Waals surface area (Å²) in [5.74, 6) is -0.983. The quantitative estimate of drug-likeness (QED) is 0.598. The zero-order valence-corrected chi connectivity index (χ0v) is 17.9. The Bertz CT molecular complexity index is 1270. The van der Waals surface area contributed by atoms with Crippen molar-refractivity contribution < 1.29 is 31.1 Å². The van der Waals surface area contributed by atoms with Crippen LogP contribution in [-0.2, 0) is 46.4 Å². The highest BCUT2D eigenvalue weighted by Gasteiger charge is 2.44. The van der Waals surface area contributed by atoms with E-state index in [4.69, 9.17) is 4.74 Å². The van der Waals surface area contributed by atoms with Gasteiger partial charge in [-0.15, -0.1) is 0 Å². The number of aromatic nitrogens is 2. The van der Waals surface area contributed by atoms with E-state index in [-0.39, 0.29) is 25.1 Å². The first-order chi connectivity index (χ1) is 14.9. The molecular weight excluding hydrogens is 455 g/mol. The van der Waals surface area contributed by atoms with Gasteiger partial charge in [-0.05, 0) is 25.0 Å². The summed E-state index contributed by atoms with van der Waals surface area (Å²) in [5, 5.41) is 0. The maximum atomic E-state index is 13.3.